The number of methoxy groups -OCH3 is 2. The minimum absolute atomic E-state index is 0.0435. The molecule has 1 heterocycles. The van der Waals surface area contributed by atoms with Crippen molar-refractivity contribution >= 4 is 8.07 Å². The maximum atomic E-state index is 9.36. The molecule has 0 fully saturated rings. The first kappa shape index (κ1) is 22.0. The van der Waals surface area contributed by atoms with Crippen LogP contribution in [0.25, 0.3) is 0 Å². The molecule has 1 aromatic carbocycles. The first-order valence-electron chi connectivity index (χ1n) is 9.49. The van der Waals surface area contributed by atoms with Gasteiger partial charge in [-0.05, 0) is 37.4 Å². The molecule has 0 bridgehead atoms. The van der Waals surface area contributed by atoms with Crippen LogP contribution >= 0.6 is 0 Å². The van der Waals surface area contributed by atoms with Crippen LogP contribution in [-0.4, -0.2) is 40.6 Å². The highest BCUT2D eigenvalue weighted by Crippen LogP contribution is 2.47. The molecule has 1 aromatic rings. The van der Waals surface area contributed by atoms with Crippen molar-refractivity contribution < 1.29 is 24.1 Å². The normalized spacial score (nSPS) is 17.2. The van der Waals surface area contributed by atoms with Gasteiger partial charge >= 0.3 is 0 Å². The largest absolute Gasteiger partial charge is 0.496 e. The average Bonchev–Trinajstić information content (AvgIpc) is 3.05. The Balaban J connectivity index is 2.54. The zero-order valence-corrected chi connectivity index (χ0v) is 18.8. The van der Waals surface area contributed by atoms with Gasteiger partial charge in [-0.25, -0.2) is 0 Å². The van der Waals surface area contributed by atoms with Crippen molar-refractivity contribution in [2.24, 2.45) is 0 Å². The molecule has 0 aliphatic carbocycles. The Kier molecular flexibility index (Phi) is 7.51. The molecule has 1 aliphatic rings. The van der Waals surface area contributed by atoms with Crippen LogP contribution in [0.5, 0.6) is 11.5 Å². The van der Waals surface area contributed by atoms with Gasteiger partial charge in [-0.15, -0.1) is 0 Å². The van der Waals surface area contributed by atoms with Gasteiger partial charge in [0.2, 0.25) is 0 Å². The fourth-order valence-corrected chi connectivity index (χ4v) is 3.97. The van der Waals surface area contributed by atoms with E-state index in [0.717, 1.165) is 45.4 Å². The average molecular weight is 395 g/mol. The molecule has 152 valence electrons. The quantitative estimate of drug-likeness (QED) is 0.498. The van der Waals surface area contributed by atoms with E-state index in [0.29, 0.717) is 19.6 Å². The summed E-state index contributed by atoms with van der Waals surface area (Å²) in [4.78, 5) is 0. The lowest BCUT2D eigenvalue weighted by Crippen LogP contribution is -2.23. The van der Waals surface area contributed by atoms with E-state index in [4.69, 9.17) is 18.9 Å². The summed E-state index contributed by atoms with van der Waals surface area (Å²) in [5, 5.41) is 9.36. The Morgan fingerprint density at radius 2 is 1.96 bits per heavy atom. The maximum absolute atomic E-state index is 9.36. The predicted molar refractivity (Wildman–Crippen MR) is 110 cm³/mol. The van der Waals surface area contributed by atoms with Crippen molar-refractivity contribution in [2.75, 3.05) is 27.4 Å². The topological polar surface area (TPSA) is 57.2 Å². The SMILES string of the molecule is COc1c(C)c2c(c(OCC[Si](C)(C)C)c1C/C=C(\C)CO)C(OC)OC2. The van der Waals surface area contributed by atoms with Gasteiger partial charge in [0.05, 0.1) is 32.5 Å². The van der Waals surface area contributed by atoms with Gasteiger partial charge in [0, 0.05) is 20.7 Å². The molecule has 1 N–H and O–H groups in total. The van der Waals surface area contributed by atoms with Gasteiger partial charge in [0.15, 0.2) is 6.29 Å². The summed E-state index contributed by atoms with van der Waals surface area (Å²) in [5.41, 5.74) is 5.05. The molecule has 0 amide bonds. The van der Waals surface area contributed by atoms with Crippen LogP contribution in [0.3, 0.4) is 0 Å². The van der Waals surface area contributed by atoms with E-state index >= 15 is 0 Å². The third-order valence-electron chi connectivity index (χ3n) is 4.95. The first-order chi connectivity index (χ1) is 12.7. The van der Waals surface area contributed by atoms with Crippen LogP contribution in [0.15, 0.2) is 11.6 Å². The van der Waals surface area contributed by atoms with E-state index in [1.165, 1.54) is 0 Å². The monoisotopic (exact) mass is 394 g/mol. The zero-order valence-electron chi connectivity index (χ0n) is 17.8. The number of allylic oxidation sites excluding steroid dienone is 1. The highest BCUT2D eigenvalue weighted by Gasteiger charge is 2.33. The van der Waals surface area contributed by atoms with Crippen LogP contribution in [0.2, 0.25) is 25.7 Å². The van der Waals surface area contributed by atoms with E-state index in [1.807, 2.05) is 13.0 Å². The predicted octanol–water partition coefficient (Wildman–Crippen LogP) is 4.38. The molecule has 0 saturated heterocycles. The molecule has 1 atom stereocenters. The van der Waals surface area contributed by atoms with E-state index < -0.39 is 14.4 Å². The van der Waals surface area contributed by atoms with Crippen molar-refractivity contribution in [3.63, 3.8) is 0 Å². The zero-order chi connectivity index (χ0) is 20.2. The number of ether oxygens (including phenoxy) is 4. The molecule has 6 heteroatoms. The van der Waals surface area contributed by atoms with E-state index in [9.17, 15) is 5.11 Å². The summed E-state index contributed by atoms with van der Waals surface area (Å²) in [5.74, 6) is 1.65. The smallest absolute Gasteiger partial charge is 0.187 e. The molecule has 27 heavy (non-hydrogen) atoms. The second kappa shape index (κ2) is 9.23. The van der Waals surface area contributed by atoms with Crippen molar-refractivity contribution in [1.82, 2.24) is 0 Å². The minimum atomic E-state index is -1.22. The third-order valence-corrected chi connectivity index (χ3v) is 6.65. The van der Waals surface area contributed by atoms with Crippen molar-refractivity contribution in [1.29, 1.82) is 0 Å². The molecule has 0 spiro atoms. The number of aliphatic hydroxyl groups excluding tert-OH is 1. The van der Waals surface area contributed by atoms with Crippen LogP contribution in [0.4, 0.5) is 0 Å². The standard InChI is InChI=1S/C21H34O5Si/c1-14(12-22)8-9-16-19(23-3)15(2)17-13-26-21(24-4)18(17)20(16)25-10-11-27(5,6)7/h8,21-22H,9-13H2,1-7H3/b14-8+. The van der Waals surface area contributed by atoms with Gasteiger partial charge in [0.1, 0.15) is 11.5 Å². The Hall–Kier alpha value is -1.34. The lowest BCUT2D eigenvalue weighted by Gasteiger charge is -2.23. The maximum Gasteiger partial charge on any atom is 0.187 e. The van der Waals surface area contributed by atoms with E-state index in [1.54, 1.807) is 14.2 Å². The van der Waals surface area contributed by atoms with Crippen molar-refractivity contribution in [3.05, 3.63) is 33.9 Å². The summed E-state index contributed by atoms with van der Waals surface area (Å²) in [6.07, 6.45) is 2.22. The summed E-state index contributed by atoms with van der Waals surface area (Å²) in [6, 6.07) is 1.07. The fraction of sp³-hybridized carbons (Fsp3) is 0.619. The number of rotatable bonds is 9. The van der Waals surface area contributed by atoms with Gasteiger partial charge < -0.3 is 24.1 Å². The van der Waals surface area contributed by atoms with Gasteiger partial charge in [0.25, 0.3) is 0 Å². The Labute approximate surface area is 164 Å². The molecular weight excluding hydrogens is 360 g/mol. The number of fused-ring (bicyclic) bond motifs is 1. The van der Waals surface area contributed by atoms with E-state index in [2.05, 4.69) is 26.6 Å². The molecule has 1 unspecified atom stereocenters. The van der Waals surface area contributed by atoms with Crippen LogP contribution in [-0.2, 0) is 22.5 Å². The molecular formula is C21H34O5Si. The summed E-state index contributed by atoms with van der Waals surface area (Å²) in [7, 11) is 2.13. The van der Waals surface area contributed by atoms with Gasteiger partial charge in [-0.1, -0.05) is 31.3 Å². The molecule has 0 aromatic heterocycles. The summed E-state index contributed by atoms with van der Waals surface area (Å²) in [6.45, 7) is 12.2. The third kappa shape index (κ3) is 5.13. The van der Waals surface area contributed by atoms with Crippen molar-refractivity contribution in [2.45, 2.75) is 58.9 Å². The Morgan fingerprint density at radius 1 is 1.26 bits per heavy atom. The number of hydrogen-bond donors (Lipinski definition) is 1. The summed E-state index contributed by atoms with van der Waals surface area (Å²) >= 11 is 0. The van der Waals surface area contributed by atoms with Gasteiger partial charge in [-0.3, -0.25) is 0 Å². The first-order valence-corrected chi connectivity index (χ1v) is 13.2. The molecule has 0 saturated carbocycles. The molecule has 1 aliphatic heterocycles. The molecule has 5 nitrogen and oxygen atoms in total. The number of aliphatic hydroxyl groups is 1. The number of benzene rings is 1. The molecule has 2 rings (SSSR count). The minimum Gasteiger partial charge on any atom is -0.496 e. The van der Waals surface area contributed by atoms with Crippen LogP contribution < -0.4 is 9.47 Å². The van der Waals surface area contributed by atoms with Crippen molar-refractivity contribution in [3.8, 4) is 11.5 Å². The highest BCUT2D eigenvalue weighted by atomic mass is 28.3. The second-order valence-electron chi connectivity index (χ2n) is 8.31. The number of hydrogen-bond acceptors (Lipinski definition) is 5. The van der Waals surface area contributed by atoms with E-state index in [-0.39, 0.29) is 6.61 Å². The Morgan fingerprint density at radius 3 is 2.52 bits per heavy atom. The summed E-state index contributed by atoms with van der Waals surface area (Å²) < 4.78 is 23.5. The lowest BCUT2D eigenvalue weighted by molar-refractivity contribution is -0.118. The molecule has 0 radical (unpaired) electrons. The van der Waals surface area contributed by atoms with Gasteiger partial charge in [-0.2, -0.15) is 0 Å². The van der Waals surface area contributed by atoms with Crippen LogP contribution in [0, 0.1) is 6.92 Å². The lowest BCUT2D eigenvalue weighted by atomic mass is 9.94. The fourth-order valence-electron chi connectivity index (χ4n) is 3.26. The highest BCUT2D eigenvalue weighted by molar-refractivity contribution is 6.76. The second-order valence-corrected chi connectivity index (χ2v) is 13.9. The Bertz CT molecular complexity index is 691. The van der Waals surface area contributed by atoms with Crippen LogP contribution in [0.1, 0.15) is 35.5 Å².